The Morgan fingerprint density at radius 3 is 2.56 bits per heavy atom. The molecule has 10 heteroatoms. The molecular weight excluding hydrogens is 335 g/mol. The molecule has 0 saturated heterocycles. The van der Waals surface area contributed by atoms with E-state index in [2.05, 4.69) is 25.4 Å². The predicted molar refractivity (Wildman–Crippen MR) is 82.2 cm³/mol. The highest BCUT2D eigenvalue weighted by molar-refractivity contribution is 5.54. The lowest BCUT2D eigenvalue weighted by atomic mass is 10.2. The van der Waals surface area contributed by atoms with Gasteiger partial charge in [0, 0.05) is 31.0 Å². The SMILES string of the molecule is Cc1cc(C(F)(F)F)n(CC(C)Cn2cc(-c3cncnc3)nn2)n1. The van der Waals surface area contributed by atoms with Gasteiger partial charge in [-0.3, -0.25) is 9.36 Å². The number of hydrogen-bond donors (Lipinski definition) is 0. The van der Waals surface area contributed by atoms with Gasteiger partial charge in [-0.1, -0.05) is 12.1 Å². The van der Waals surface area contributed by atoms with Gasteiger partial charge in [0.2, 0.25) is 0 Å². The maximum absolute atomic E-state index is 13.0. The molecule has 0 spiro atoms. The first-order chi connectivity index (χ1) is 11.8. The number of halogens is 3. The van der Waals surface area contributed by atoms with Crippen LogP contribution in [0.2, 0.25) is 0 Å². The molecule has 3 heterocycles. The normalized spacial score (nSPS) is 13.2. The average molecular weight is 351 g/mol. The number of aryl methyl sites for hydroxylation is 1. The summed E-state index contributed by atoms with van der Waals surface area (Å²) >= 11 is 0. The van der Waals surface area contributed by atoms with Crippen molar-refractivity contribution in [3.8, 4) is 11.3 Å². The molecule has 0 fully saturated rings. The lowest BCUT2D eigenvalue weighted by Crippen LogP contribution is -2.20. The fourth-order valence-corrected chi connectivity index (χ4v) is 2.54. The molecule has 3 aromatic heterocycles. The van der Waals surface area contributed by atoms with E-state index < -0.39 is 11.9 Å². The zero-order valence-corrected chi connectivity index (χ0v) is 13.6. The summed E-state index contributed by atoms with van der Waals surface area (Å²) in [6.45, 7) is 3.93. The molecule has 0 aliphatic heterocycles. The zero-order chi connectivity index (χ0) is 18.0. The van der Waals surface area contributed by atoms with Crippen molar-refractivity contribution >= 4 is 0 Å². The van der Waals surface area contributed by atoms with Gasteiger partial charge >= 0.3 is 6.18 Å². The molecule has 0 aliphatic rings. The third-order valence-corrected chi connectivity index (χ3v) is 3.57. The molecule has 132 valence electrons. The van der Waals surface area contributed by atoms with Crippen LogP contribution in [-0.2, 0) is 19.3 Å². The highest BCUT2D eigenvalue weighted by atomic mass is 19.4. The molecule has 3 aromatic rings. The Labute approximate surface area is 141 Å². The molecule has 3 rings (SSSR count). The predicted octanol–water partition coefficient (Wildman–Crippen LogP) is 2.60. The molecular formula is C15H16F3N7. The van der Waals surface area contributed by atoms with Crippen LogP contribution in [0.5, 0.6) is 0 Å². The summed E-state index contributed by atoms with van der Waals surface area (Å²) in [5.41, 5.74) is 0.936. The lowest BCUT2D eigenvalue weighted by molar-refractivity contribution is -0.144. The van der Waals surface area contributed by atoms with Crippen molar-refractivity contribution in [1.82, 2.24) is 34.7 Å². The van der Waals surface area contributed by atoms with E-state index in [9.17, 15) is 13.2 Å². The van der Waals surface area contributed by atoms with Crippen molar-refractivity contribution in [2.75, 3.05) is 0 Å². The fraction of sp³-hybridized carbons (Fsp3) is 0.400. The molecule has 0 radical (unpaired) electrons. The van der Waals surface area contributed by atoms with E-state index in [1.54, 1.807) is 30.2 Å². The van der Waals surface area contributed by atoms with Crippen molar-refractivity contribution in [2.45, 2.75) is 33.1 Å². The van der Waals surface area contributed by atoms with Crippen LogP contribution >= 0.6 is 0 Å². The Morgan fingerprint density at radius 2 is 1.88 bits per heavy atom. The minimum absolute atomic E-state index is 0.123. The van der Waals surface area contributed by atoms with Gasteiger partial charge in [-0.25, -0.2) is 9.97 Å². The molecule has 1 atom stereocenters. The Morgan fingerprint density at radius 1 is 1.16 bits per heavy atom. The van der Waals surface area contributed by atoms with Crippen LogP contribution in [-0.4, -0.2) is 34.7 Å². The quantitative estimate of drug-likeness (QED) is 0.706. The van der Waals surface area contributed by atoms with Crippen molar-refractivity contribution < 1.29 is 13.2 Å². The van der Waals surface area contributed by atoms with Crippen molar-refractivity contribution in [2.24, 2.45) is 5.92 Å². The molecule has 0 bridgehead atoms. The molecule has 25 heavy (non-hydrogen) atoms. The van der Waals surface area contributed by atoms with Crippen LogP contribution in [0.15, 0.2) is 31.0 Å². The van der Waals surface area contributed by atoms with Crippen LogP contribution in [0.3, 0.4) is 0 Å². The van der Waals surface area contributed by atoms with Gasteiger partial charge in [-0.05, 0) is 18.9 Å². The van der Waals surface area contributed by atoms with E-state index in [0.717, 1.165) is 16.3 Å². The van der Waals surface area contributed by atoms with Gasteiger partial charge < -0.3 is 0 Å². The number of rotatable bonds is 5. The van der Waals surface area contributed by atoms with Crippen LogP contribution in [0.25, 0.3) is 11.3 Å². The number of alkyl halides is 3. The van der Waals surface area contributed by atoms with E-state index in [1.165, 1.54) is 6.33 Å². The van der Waals surface area contributed by atoms with Gasteiger partial charge in [0.05, 0.1) is 11.9 Å². The second kappa shape index (κ2) is 6.61. The largest absolute Gasteiger partial charge is 0.433 e. The van der Waals surface area contributed by atoms with Gasteiger partial charge in [0.15, 0.2) is 0 Å². The summed E-state index contributed by atoms with van der Waals surface area (Å²) in [6.07, 6.45) is 1.95. The maximum Gasteiger partial charge on any atom is 0.433 e. The summed E-state index contributed by atoms with van der Waals surface area (Å²) in [5.74, 6) is -0.123. The monoisotopic (exact) mass is 351 g/mol. The Bertz CT molecular complexity index is 838. The Hall–Kier alpha value is -2.78. The van der Waals surface area contributed by atoms with Crippen LogP contribution in [0.4, 0.5) is 13.2 Å². The summed E-state index contributed by atoms with van der Waals surface area (Å²) < 4.78 is 41.7. The van der Waals surface area contributed by atoms with E-state index in [1.807, 2.05) is 6.92 Å². The Kier molecular flexibility index (Phi) is 4.51. The van der Waals surface area contributed by atoms with Gasteiger partial charge in [-0.15, -0.1) is 5.10 Å². The number of nitrogens with zero attached hydrogens (tertiary/aromatic N) is 7. The summed E-state index contributed by atoms with van der Waals surface area (Å²) in [5, 5.41) is 12.0. The third-order valence-electron chi connectivity index (χ3n) is 3.57. The smallest absolute Gasteiger partial charge is 0.260 e. The number of aromatic nitrogens is 7. The van der Waals surface area contributed by atoms with Crippen LogP contribution in [0.1, 0.15) is 18.3 Å². The minimum atomic E-state index is -4.42. The van der Waals surface area contributed by atoms with Crippen molar-refractivity contribution in [1.29, 1.82) is 0 Å². The summed E-state index contributed by atoms with van der Waals surface area (Å²) in [7, 11) is 0. The van der Waals surface area contributed by atoms with E-state index in [-0.39, 0.29) is 12.5 Å². The summed E-state index contributed by atoms with van der Waals surface area (Å²) in [4.78, 5) is 7.83. The van der Waals surface area contributed by atoms with Crippen LogP contribution < -0.4 is 0 Å². The highest BCUT2D eigenvalue weighted by Gasteiger charge is 2.35. The van der Waals surface area contributed by atoms with Crippen molar-refractivity contribution in [3.05, 3.63) is 42.4 Å². The highest BCUT2D eigenvalue weighted by Crippen LogP contribution is 2.30. The lowest BCUT2D eigenvalue weighted by Gasteiger charge is -2.15. The topological polar surface area (TPSA) is 74.3 Å². The first-order valence-corrected chi connectivity index (χ1v) is 7.60. The number of hydrogen-bond acceptors (Lipinski definition) is 5. The van der Waals surface area contributed by atoms with Gasteiger partial charge in [-0.2, -0.15) is 18.3 Å². The zero-order valence-electron chi connectivity index (χ0n) is 13.6. The molecule has 0 N–H and O–H groups in total. The van der Waals surface area contributed by atoms with Gasteiger partial charge in [0.1, 0.15) is 17.7 Å². The summed E-state index contributed by atoms with van der Waals surface area (Å²) in [6, 6.07) is 1.05. The second-order valence-electron chi connectivity index (χ2n) is 5.91. The molecule has 0 amide bonds. The fourth-order valence-electron chi connectivity index (χ4n) is 2.54. The third kappa shape index (κ3) is 4.01. The average Bonchev–Trinajstić information content (AvgIpc) is 3.14. The molecule has 0 aliphatic carbocycles. The molecule has 1 unspecified atom stereocenters. The van der Waals surface area contributed by atoms with E-state index in [4.69, 9.17) is 0 Å². The second-order valence-corrected chi connectivity index (χ2v) is 5.91. The minimum Gasteiger partial charge on any atom is -0.260 e. The molecule has 0 aromatic carbocycles. The molecule has 7 nitrogen and oxygen atoms in total. The standard InChI is InChI=1S/C15H16F3N7/c1-10(7-25-14(15(16,17)18)3-11(2)22-25)6-24-8-13(21-23-24)12-4-19-9-20-5-12/h3-5,8-10H,6-7H2,1-2H3. The Balaban J connectivity index is 1.70. The van der Waals surface area contributed by atoms with E-state index >= 15 is 0 Å². The first kappa shape index (κ1) is 17.1. The maximum atomic E-state index is 13.0. The van der Waals surface area contributed by atoms with Crippen LogP contribution in [0, 0.1) is 12.8 Å². The van der Waals surface area contributed by atoms with E-state index in [0.29, 0.717) is 17.9 Å². The van der Waals surface area contributed by atoms with Gasteiger partial charge in [0.25, 0.3) is 0 Å². The van der Waals surface area contributed by atoms with Crippen molar-refractivity contribution in [3.63, 3.8) is 0 Å². The first-order valence-electron chi connectivity index (χ1n) is 7.60. The molecule has 0 saturated carbocycles.